The molecule has 0 aliphatic carbocycles. The monoisotopic (exact) mass is 288 g/mol. The Morgan fingerprint density at radius 3 is 2.71 bits per heavy atom. The molecule has 0 saturated heterocycles. The number of rotatable bonds is 4. The second kappa shape index (κ2) is 6.26. The fourth-order valence-electron chi connectivity index (χ4n) is 1.91. The zero-order valence-corrected chi connectivity index (χ0v) is 11.9. The maximum absolute atomic E-state index is 13.5. The van der Waals surface area contributed by atoms with Gasteiger partial charge in [-0.15, -0.1) is 0 Å². The van der Waals surface area contributed by atoms with Crippen LogP contribution >= 0.6 is 0 Å². The van der Waals surface area contributed by atoms with E-state index in [0.29, 0.717) is 34.8 Å². The van der Waals surface area contributed by atoms with E-state index in [-0.39, 0.29) is 5.82 Å². The van der Waals surface area contributed by atoms with Gasteiger partial charge in [-0.25, -0.2) is 9.18 Å². The summed E-state index contributed by atoms with van der Waals surface area (Å²) in [6, 6.07) is 9.60. The minimum Gasteiger partial charge on any atom is -0.462 e. The SMILES string of the molecule is CCOC(=O)c1ccc(Nc2cccc(F)c2C)c(N)c1. The Hall–Kier alpha value is -2.56. The van der Waals surface area contributed by atoms with E-state index in [4.69, 9.17) is 10.5 Å². The molecule has 2 aromatic rings. The molecule has 0 aromatic heterocycles. The number of nitrogens with two attached hydrogens (primary N) is 1. The molecule has 5 heteroatoms. The minimum absolute atomic E-state index is 0.290. The predicted molar refractivity (Wildman–Crippen MR) is 81.2 cm³/mol. The molecule has 0 aliphatic heterocycles. The van der Waals surface area contributed by atoms with Crippen molar-refractivity contribution >= 4 is 23.0 Å². The molecule has 0 radical (unpaired) electrons. The van der Waals surface area contributed by atoms with Crippen LogP contribution in [0.15, 0.2) is 36.4 Å². The van der Waals surface area contributed by atoms with E-state index in [0.717, 1.165) is 0 Å². The second-order valence-corrected chi connectivity index (χ2v) is 4.56. The number of hydrogen-bond donors (Lipinski definition) is 2. The Morgan fingerprint density at radius 2 is 2.05 bits per heavy atom. The van der Waals surface area contributed by atoms with Crippen LogP contribution in [0.3, 0.4) is 0 Å². The van der Waals surface area contributed by atoms with E-state index in [2.05, 4.69) is 5.32 Å². The van der Waals surface area contributed by atoms with Crippen LogP contribution in [0, 0.1) is 12.7 Å². The van der Waals surface area contributed by atoms with Crippen LogP contribution in [-0.4, -0.2) is 12.6 Å². The van der Waals surface area contributed by atoms with Crippen LogP contribution in [0.25, 0.3) is 0 Å². The summed E-state index contributed by atoms with van der Waals surface area (Å²) >= 11 is 0. The molecule has 0 amide bonds. The number of carbonyl (C=O) groups excluding carboxylic acids is 1. The van der Waals surface area contributed by atoms with Gasteiger partial charge in [-0.3, -0.25) is 0 Å². The van der Waals surface area contributed by atoms with Gasteiger partial charge < -0.3 is 15.8 Å². The highest BCUT2D eigenvalue weighted by atomic mass is 19.1. The number of benzene rings is 2. The van der Waals surface area contributed by atoms with Crippen molar-refractivity contribution in [3.05, 3.63) is 53.3 Å². The van der Waals surface area contributed by atoms with E-state index in [1.54, 1.807) is 38.1 Å². The first kappa shape index (κ1) is 14.8. The van der Waals surface area contributed by atoms with Gasteiger partial charge >= 0.3 is 5.97 Å². The van der Waals surface area contributed by atoms with Gasteiger partial charge in [0.05, 0.1) is 23.5 Å². The third-order valence-corrected chi connectivity index (χ3v) is 3.10. The number of nitrogen functional groups attached to an aromatic ring is 1. The van der Waals surface area contributed by atoms with Gasteiger partial charge in [0.25, 0.3) is 0 Å². The zero-order chi connectivity index (χ0) is 15.4. The smallest absolute Gasteiger partial charge is 0.338 e. The maximum Gasteiger partial charge on any atom is 0.338 e. The molecule has 2 aromatic carbocycles. The minimum atomic E-state index is -0.419. The number of carbonyl (C=O) groups is 1. The van der Waals surface area contributed by atoms with E-state index in [9.17, 15) is 9.18 Å². The van der Waals surface area contributed by atoms with Crippen molar-refractivity contribution in [2.24, 2.45) is 0 Å². The van der Waals surface area contributed by atoms with Crippen molar-refractivity contribution in [2.75, 3.05) is 17.7 Å². The number of ether oxygens (including phenoxy) is 1. The first-order valence-corrected chi connectivity index (χ1v) is 6.61. The van der Waals surface area contributed by atoms with Gasteiger partial charge in [-0.1, -0.05) is 6.07 Å². The quantitative estimate of drug-likeness (QED) is 0.666. The Labute approximate surface area is 122 Å². The van der Waals surface area contributed by atoms with E-state index < -0.39 is 5.97 Å². The fourth-order valence-corrected chi connectivity index (χ4v) is 1.91. The molecule has 0 bridgehead atoms. The molecule has 0 fully saturated rings. The average molecular weight is 288 g/mol. The Bertz CT molecular complexity index is 671. The average Bonchev–Trinajstić information content (AvgIpc) is 2.46. The normalized spacial score (nSPS) is 10.2. The number of nitrogens with one attached hydrogen (secondary N) is 1. The summed E-state index contributed by atoms with van der Waals surface area (Å²) in [6.07, 6.45) is 0. The van der Waals surface area contributed by atoms with Gasteiger partial charge in [-0.05, 0) is 44.2 Å². The molecule has 3 N–H and O–H groups in total. The number of halogens is 1. The van der Waals surface area contributed by atoms with Crippen LogP contribution in [0.2, 0.25) is 0 Å². The van der Waals surface area contributed by atoms with Gasteiger partial charge in [0.1, 0.15) is 5.82 Å². The van der Waals surface area contributed by atoms with Crippen LogP contribution in [0.4, 0.5) is 21.5 Å². The standard InChI is InChI=1S/C16H17FN2O2/c1-3-21-16(20)11-7-8-15(13(18)9-11)19-14-6-4-5-12(17)10(14)2/h4-9,19H,3,18H2,1-2H3. The van der Waals surface area contributed by atoms with Crippen LogP contribution in [-0.2, 0) is 4.74 Å². The van der Waals surface area contributed by atoms with Crippen molar-refractivity contribution in [2.45, 2.75) is 13.8 Å². The summed E-state index contributed by atoms with van der Waals surface area (Å²) in [4.78, 5) is 11.6. The highest BCUT2D eigenvalue weighted by Gasteiger charge is 2.10. The molecule has 2 rings (SSSR count). The largest absolute Gasteiger partial charge is 0.462 e. The molecular weight excluding hydrogens is 271 g/mol. The molecular formula is C16H17FN2O2. The summed E-state index contributed by atoms with van der Waals surface area (Å²) < 4.78 is 18.4. The molecule has 110 valence electrons. The van der Waals surface area contributed by atoms with Gasteiger partial charge in [-0.2, -0.15) is 0 Å². The Kier molecular flexibility index (Phi) is 4.42. The summed E-state index contributed by atoms with van der Waals surface area (Å²) in [5, 5.41) is 3.06. The van der Waals surface area contributed by atoms with Gasteiger partial charge in [0.2, 0.25) is 0 Å². The predicted octanol–water partition coefficient (Wildman–Crippen LogP) is 3.64. The highest BCUT2D eigenvalue weighted by molar-refractivity contribution is 5.92. The number of esters is 1. The maximum atomic E-state index is 13.5. The lowest BCUT2D eigenvalue weighted by atomic mass is 10.1. The van der Waals surface area contributed by atoms with E-state index in [1.807, 2.05) is 0 Å². The molecule has 0 spiro atoms. The first-order valence-electron chi connectivity index (χ1n) is 6.61. The number of hydrogen-bond acceptors (Lipinski definition) is 4. The third kappa shape index (κ3) is 3.31. The molecule has 21 heavy (non-hydrogen) atoms. The second-order valence-electron chi connectivity index (χ2n) is 4.56. The number of anilines is 3. The zero-order valence-electron chi connectivity index (χ0n) is 11.9. The van der Waals surface area contributed by atoms with Crippen LogP contribution in [0.5, 0.6) is 0 Å². The summed E-state index contributed by atoms with van der Waals surface area (Å²) in [5.74, 6) is -0.709. The van der Waals surface area contributed by atoms with E-state index >= 15 is 0 Å². The summed E-state index contributed by atoms with van der Waals surface area (Å²) in [5.41, 5.74) is 8.45. The molecule has 0 heterocycles. The van der Waals surface area contributed by atoms with Crippen LogP contribution < -0.4 is 11.1 Å². The lowest BCUT2D eigenvalue weighted by Crippen LogP contribution is -2.06. The summed E-state index contributed by atoms with van der Waals surface area (Å²) in [6.45, 7) is 3.73. The van der Waals surface area contributed by atoms with Crippen molar-refractivity contribution in [1.29, 1.82) is 0 Å². The van der Waals surface area contributed by atoms with Crippen LogP contribution in [0.1, 0.15) is 22.8 Å². The summed E-state index contributed by atoms with van der Waals surface area (Å²) in [7, 11) is 0. The van der Waals surface area contributed by atoms with Crippen molar-refractivity contribution < 1.29 is 13.9 Å². The van der Waals surface area contributed by atoms with Crippen molar-refractivity contribution in [3.8, 4) is 0 Å². The van der Waals surface area contributed by atoms with Crippen molar-refractivity contribution in [1.82, 2.24) is 0 Å². The van der Waals surface area contributed by atoms with Gasteiger partial charge in [0, 0.05) is 11.3 Å². The molecule has 4 nitrogen and oxygen atoms in total. The third-order valence-electron chi connectivity index (χ3n) is 3.10. The molecule has 0 atom stereocenters. The fraction of sp³-hybridized carbons (Fsp3) is 0.188. The molecule has 0 saturated carbocycles. The highest BCUT2D eigenvalue weighted by Crippen LogP contribution is 2.27. The lowest BCUT2D eigenvalue weighted by molar-refractivity contribution is 0.0526. The first-order chi connectivity index (χ1) is 10.0. The molecule has 0 unspecified atom stereocenters. The lowest BCUT2D eigenvalue weighted by Gasteiger charge is -2.13. The van der Waals surface area contributed by atoms with E-state index in [1.165, 1.54) is 12.1 Å². The van der Waals surface area contributed by atoms with Gasteiger partial charge in [0.15, 0.2) is 0 Å². The van der Waals surface area contributed by atoms with Crippen molar-refractivity contribution in [3.63, 3.8) is 0 Å². The Balaban J connectivity index is 2.25. The topological polar surface area (TPSA) is 64.3 Å². The molecule has 0 aliphatic rings. The Morgan fingerprint density at radius 1 is 1.29 bits per heavy atom.